The summed E-state index contributed by atoms with van der Waals surface area (Å²) in [4.78, 5) is 2.30. The second kappa shape index (κ2) is 3.64. The Morgan fingerprint density at radius 2 is 2.10 bits per heavy atom. The molecule has 0 N–H and O–H groups in total. The van der Waals surface area contributed by atoms with Gasteiger partial charge in [0.25, 0.3) is 0 Å². The van der Waals surface area contributed by atoms with Crippen molar-refractivity contribution in [3.63, 3.8) is 0 Å². The summed E-state index contributed by atoms with van der Waals surface area (Å²) in [5, 5.41) is 0.719. The first kappa shape index (κ1) is 8.43. The van der Waals surface area contributed by atoms with Gasteiger partial charge in [-0.2, -0.15) is 0 Å². The fraction of sp³-hybridized carbons (Fsp3) is 0.333. The van der Waals surface area contributed by atoms with Gasteiger partial charge in [0.15, 0.2) is 5.09 Å². The van der Waals surface area contributed by atoms with Crippen LogP contribution >= 0.6 is 36.2 Å². The SMILES string of the molecule is CSc1coc(S)c1SC. The molecule has 1 aromatic rings. The molecule has 0 saturated carbocycles. The summed E-state index contributed by atoms with van der Waals surface area (Å²) in [6, 6.07) is 0. The highest BCUT2D eigenvalue weighted by Gasteiger charge is 2.07. The minimum Gasteiger partial charge on any atom is -0.456 e. The van der Waals surface area contributed by atoms with Gasteiger partial charge in [-0.15, -0.1) is 36.2 Å². The van der Waals surface area contributed by atoms with E-state index in [1.54, 1.807) is 29.8 Å². The molecular weight excluding hydrogens is 184 g/mol. The molecule has 0 atom stereocenters. The van der Waals surface area contributed by atoms with Gasteiger partial charge < -0.3 is 4.42 Å². The van der Waals surface area contributed by atoms with Crippen molar-refractivity contribution in [1.82, 2.24) is 0 Å². The molecule has 0 aliphatic rings. The van der Waals surface area contributed by atoms with Crippen molar-refractivity contribution >= 4 is 36.2 Å². The number of furan rings is 1. The maximum Gasteiger partial charge on any atom is 0.171 e. The fourth-order valence-electron chi connectivity index (χ4n) is 0.650. The molecule has 0 saturated heterocycles. The molecule has 1 nitrogen and oxygen atoms in total. The third kappa shape index (κ3) is 1.49. The van der Waals surface area contributed by atoms with Gasteiger partial charge in [-0.3, -0.25) is 0 Å². The summed E-state index contributed by atoms with van der Waals surface area (Å²) in [5.41, 5.74) is 0. The Morgan fingerprint density at radius 1 is 1.40 bits per heavy atom. The molecule has 0 fully saturated rings. The first-order valence-electron chi connectivity index (χ1n) is 2.68. The van der Waals surface area contributed by atoms with Crippen LogP contribution in [0.5, 0.6) is 0 Å². The topological polar surface area (TPSA) is 13.1 Å². The first-order chi connectivity index (χ1) is 4.79. The zero-order chi connectivity index (χ0) is 7.56. The molecular formula is C6H8OS3. The van der Waals surface area contributed by atoms with E-state index in [1.165, 1.54) is 0 Å². The molecule has 0 aliphatic carbocycles. The molecule has 0 bridgehead atoms. The van der Waals surface area contributed by atoms with Gasteiger partial charge >= 0.3 is 0 Å². The van der Waals surface area contributed by atoms with Gasteiger partial charge in [-0.25, -0.2) is 0 Å². The molecule has 56 valence electrons. The molecule has 1 rings (SSSR count). The van der Waals surface area contributed by atoms with Crippen molar-refractivity contribution in [2.24, 2.45) is 0 Å². The highest BCUT2D eigenvalue weighted by atomic mass is 32.2. The molecule has 0 radical (unpaired) electrons. The Hall–Kier alpha value is 0.330. The normalized spacial score (nSPS) is 10.3. The van der Waals surface area contributed by atoms with Crippen LogP contribution in [0.15, 0.2) is 25.6 Å². The average Bonchev–Trinajstić information content (AvgIpc) is 2.30. The smallest absolute Gasteiger partial charge is 0.171 e. The zero-order valence-electron chi connectivity index (χ0n) is 5.75. The average molecular weight is 192 g/mol. The minimum absolute atomic E-state index is 0.719. The Morgan fingerprint density at radius 3 is 2.50 bits per heavy atom. The van der Waals surface area contributed by atoms with Crippen molar-refractivity contribution < 1.29 is 4.42 Å². The highest BCUT2D eigenvalue weighted by Crippen LogP contribution is 2.34. The van der Waals surface area contributed by atoms with Gasteiger partial charge in [0.2, 0.25) is 0 Å². The van der Waals surface area contributed by atoms with Crippen molar-refractivity contribution in [1.29, 1.82) is 0 Å². The van der Waals surface area contributed by atoms with E-state index in [0.29, 0.717) is 0 Å². The standard InChI is InChI=1S/C6H8OS3/c1-9-4-3-7-6(8)5(4)10-2/h3,8H,1-2H3. The lowest BCUT2D eigenvalue weighted by atomic mass is 10.6. The quantitative estimate of drug-likeness (QED) is 0.572. The number of thiol groups is 1. The van der Waals surface area contributed by atoms with E-state index in [4.69, 9.17) is 4.42 Å². The Balaban J connectivity index is 3.01. The summed E-state index contributed by atoms with van der Waals surface area (Å²) in [6.45, 7) is 0. The van der Waals surface area contributed by atoms with Crippen LogP contribution in [-0.2, 0) is 0 Å². The van der Waals surface area contributed by atoms with Gasteiger partial charge in [-0.1, -0.05) is 0 Å². The van der Waals surface area contributed by atoms with Crippen LogP contribution in [0.25, 0.3) is 0 Å². The van der Waals surface area contributed by atoms with Crippen LogP contribution in [0.3, 0.4) is 0 Å². The molecule has 0 aliphatic heterocycles. The van der Waals surface area contributed by atoms with Crippen LogP contribution in [0.4, 0.5) is 0 Å². The van der Waals surface area contributed by atoms with E-state index in [2.05, 4.69) is 12.6 Å². The second-order valence-corrected chi connectivity index (χ2v) is 3.71. The maximum atomic E-state index is 5.10. The van der Waals surface area contributed by atoms with E-state index in [-0.39, 0.29) is 0 Å². The summed E-state index contributed by atoms with van der Waals surface area (Å²) in [5.74, 6) is 0. The number of rotatable bonds is 2. The van der Waals surface area contributed by atoms with Crippen LogP contribution in [-0.4, -0.2) is 12.5 Å². The molecule has 10 heavy (non-hydrogen) atoms. The van der Waals surface area contributed by atoms with Crippen molar-refractivity contribution in [2.45, 2.75) is 14.9 Å². The van der Waals surface area contributed by atoms with E-state index in [0.717, 1.165) is 14.9 Å². The number of hydrogen-bond acceptors (Lipinski definition) is 4. The largest absolute Gasteiger partial charge is 0.456 e. The minimum atomic E-state index is 0.719. The molecule has 0 amide bonds. The van der Waals surface area contributed by atoms with E-state index >= 15 is 0 Å². The lowest BCUT2D eigenvalue weighted by Crippen LogP contribution is -1.67. The Labute approximate surface area is 74.4 Å². The zero-order valence-corrected chi connectivity index (χ0v) is 8.28. The predicted octanol–water partition coefficient (Wildman–Crippen LogP) is 3.01. The first-order valence-corrected chi connectivity index (χ1v) is 5.57. The van der Waals surface area contributed by atoms with Crippen molar-refractivity contribution in [2.75, 3.05) is 12.5 Å². The molecule has 0 aromatic carbocycles. The molecule has 1 heterocycles. The summed E-state index contributed by atoms with van der Waals surface area (Å²) in [7, 11) is 0. The Bertz CT molecular complexity index is 219. The third-order valence-electron chi connectivity index (χ3n) is 1.12. The van der Waals surface area contributed by atoms with E-state index in [9.17, 15) is 0 Å². The molecule has 1 aromatic heterocycles. The van der Waals surface area contributed by atoms with Crippen LogP contribution in [0.1, 0.15) is 0 Å². The van der Waals surface area contributed by atoms with Crippen LogP contribution < -0.4 is 0 Å². The number of hydrogen-bond donors (Lipinski definition) is 1. The van der Waals surface area contributed by atoms with Crippen molar-refractivity contribution in [3.05, 3.63) is 6.26 Å². The van der Waals surface area contributed by atoms with Gasteiger partial charge in [0.05, 0.1) is 9.79 Å². The fourth-order valence-corrected chi connectivity index (χ4v) is 2.57. The highest BCUT2D eigenvalue weighted by molar-refractivity contribution is 8.01. The summed E-state index contributed by atoms with van der Waals surface area (Å²) in [6.07, 6.45) is 5.78. The lowest BCUT2D eigenvalue weighted by molar-refractivity contribution is 0.463. The van der Waals surface area contributed by atoms with Gasteiger partial charge in [0.1, 0.15) is 6.26 Å². The van der Waals surface area contributed by atoms with Crippen LogP contribution in [0.2, 0.25) is 0 Å². The second-order valence-electron chi connectivity index (χ2n) is 1.64. The summed E-state index contributed by atoms with van der Waals surface area (Å²) < 4.78 is 5.10. The maximum absolute atomic E-state index is 5.10. The van der Waals surface area contributed by atoms with E-state index in [1.807, 2.05) is 12.5 Å². The third-order valence-corrected chi connectivity index (χ3v) is 3.28. The van der Waals surface area contributed by atoms with Gasteiger partial charge in [-0.05, 0) is 12.5 Å². The monoisotopic (exact) mass is 192 g/mol. The lowest BCUT2D eigenvalue weighted by Gasteiger charge is -1.93. The van der Waals surface area contributed by atoms with Gasteiger partial charge in [0, 0.05) is 0 Å². The van der Waals surface area contributed by atoms with E-state index < -0.39 is 0 Å². The predicted molar refractivity (Wildman–Crippen MR) is 49.5 cm³/mol. The number of thioether (sulfide) groups is 2. The summed E-state index contributed by atoms with van der Waals surface area (Å²) >= 11 is 7.49. The van der Waals surface area contributed by atoms with Crippen LogP contribution in [0, 0.1) is 0 Å². The molecule has 0 spiro atoms. The Kier molecular flexibility index (Phi) is 3.07. The van der Waals surface area contributed by atoms with Crippen molar-refractivity contribution in [3.8, 4) is 0 Å². The molecule has 4 heteroatoms. The molecule has 0 unspecified atom stereocenters.